The minimum Gasteiger partial charge on any atom is -0.472 e. The van der Waals surface area contributed by atoms with E-state index >= 15 is 0 Å². The second-order valence-electron chi connectivity index (χ2n) is 6.81. The minimum atomic E-state index is -0.336. The van der Waals surface area contributed by atoms with Crippen molar-refractivity contribution >= 4 is 5.91 Å². The number of nitrogens with one attached hydrogen (secondary N) is 1. The second kappa shape index (κ2) is 6.56. The van der Waals surface area contributed by atoms with Gasteiger partial charge in [-0.2, -0.15) is 4.98 Å². The van der Waals surface area contributed by atoms with E-state index in [2.05, 4.69) is 29.3 Å². The number of aromatic nitrogens is 2. The molecule has 1 aliphatic carbocycles. The first-order valence-electron chi connectivity index (χ1n) is 8.19. The first-order chi connectivity index (χ1) is 11.0. The van der Waals surface area contributed by atoms with Crippen molar-refractivity contribution in [2.24, 2.45) is 11.8 Å². The Morgan fingerprint density at radius 3 is 2.70 bits per heavy atom. The minimum absolute atomic E-state index is 0.217. The SMILES string of the molecule is CC1CC(C)CC(c2noc(C(C)NC(=O)c3ccoc3)n2)C1. The molecule has 3 unspecified atom stereocenters. The Morgan fingerprint density at radius 2 is 2.04 bits per heavy atom. The van der Waals surface area contributed by atoms with E-state index in [-0.39, 0.29) is 11.9 Å². The van der Waals surface area contributed by atoms with E-state index in [1.807, 2.05) is 6.92 Å². The van der Waals surface area contributed by atoms with E-state index in [0.717, 1.165) is 18.7 Å². The van der Waals surface area contributed by atoms with E-state index in [9.17, 15) is 4.79 Å². The van der Waals surface area contributed by atoms with Crippen LogP contribution in [0.5, 0.6) is 0 Å². The van der Waals surface area contributed by atoms with Gasteiger partial charge >= 0.3 is 0 Å². The number of furan rings is 1. The topological polar surface area (TPSA) is 81.2 Å². The van der Waals surface area contributed by atoms with Gasteiger partial charge in [0.25, 0.3) is 5.91 Å². The third kappa shape index (κ3) is 3.63. The summed E-state index contributed by atoms with van der Waals surface area (Å²) in [5.41, 5.74) is 0.478. The Balaban J connectivity index is 1.65. The summed E-state index contributed by atoms with van der Waals surface area (Å²) in [7, 11) is 0. The predicted molar refractivity (Wildman–Crippen MR) is 83.8 cm³/mol. The lowest BCUT2D eigenvalue weighted by molar-refractivity contribution is 0.0932. The monoisotopic (exact) mass is 317 g/mol. The highest BCUT2D eigenvalue weighted by Gasteiger charge is 2.29. The Morgan fingerprint density at radius 1 is 1.30 bits per heavy atom. The van der Waals surface area contributed by atoms with Crippen molar-refractivity contribution in [3.05, 3.63) is 35.9 Å². The van der Waals surface area contributed by atoms with Gasteiger partial charge in [0.1, 0.15) is 12.3 Å². The highest BCUT2D eigenvalue weighted by molar-refractivity contribution is 5.93. The molecule has 0 bridgehead atoms. The number of amides is 1. The van der Waals surface area contributed by atoms with E-state index in [4.69, 9.17) is 8.94 Å². The van der Waals surface area contributed by atoms with Crippen LogP contribution in [-0.2, 0) is 0 Å². The largest absolute Gasteiger partial charge is 0.472 e. The van der Waals surface area contributed by atoms with Gasteiger partial charge in [0.2, 0.25) is 5.89 Å². The van der Waals surface area contributed by atoms with Crippen LogP contribution in [0, 0.1) is 11.8 Å². The lowest BCUT2D eigenvalue weighted by Crippen LogP contribution is -2.26. The van der Waals surface area contributed by atoms with Crippen LogP contribution in [0.3, 0.4) is 0 Å². The highest BCUT2D eigenvalue weighted by atomic mass is 16.5. The smallest absolute Gasteiger partial charge is 0.255 e. The molecule has 0 aliphatic heterocycles. The van der Waals surface area contributed by atoms with Gasteiger partial charge in [-0.25, -0.2) is 0 Å². The number of rotatable bonds is 4. The van der Waals surface area contributed by atoms with Crippen LogP contribution < -0.4 is 5.32 Å². The normalized spacial score (nSPS) is 26.0. The van der Waals surface area contributed by atoms with Crippen LogP contribution in [0.1, 0.15) is 74.1 Å². The van der Waals surface area contributed by atoms with Gasteiger partial charge in [0.15, 0.2) is 5.82 Å². The van der Waals surface area contributed by atoms with Gasteiger partial charge in [-0.05, 0) is 44.1 Å². The Bertz CT molecular complexity index is 640. The van der Waals surface area contributed by atoms with E-state index in [1.165, 1.54) is 18.9 Å². The quantitative estimate of drug-likeness (QED) is 0.930. The second-order valence-corrected chi connectivity index (χ2v) is 6.81. The summed E-state index contributed by atoms with van der Waals surface area (Å²) in [6.45, 7) is 6.39. The van der Waals surface area contributed by atoms with Crippen molar-refractivity contribution in [2.45, 2.75) is 52.0 Å². The lowest BCUT2D eigenvalue weighted by Gasteiger charge is -2.29. The molecule has 1 saturated carbocycles. The third-order valence-electron chi connectivity index (χ3n) is 4.50. The molecule has 1 N–H and O–H groups in total. The molecule has 2 aromatic heterocycles. The first kappa shape index (κ1) is 15.8. The summed E-state index contributed by atoms with van der Waals surface area (Å²) in [6.07, 6.45) is 6.33. The molecule has 124 valence electrons. The average Bonchev–Trinajstić information content (AvgIpc) is 3.18. The van der Waals surface area contributed by atoms with Crippen molar-refractivity contribution in [2.75, 3.05) is 0 Å². The summed E-state index contributed by atoms with van der Waals surface area (Å²) in [5.74, 6) is 2.72. The van der Waals surface area contributed by atoms with Crippen molar-refractivity contribution in [1.82, 2.24) is 15.5 Å². The van der Waals surface area contributed by atoms with Gasteiger partial charge in [0, 0.05) is 5.92 Å². The predicted octanol–water partition coefficient (Wildman–Crippen LogP) is 3.69. The molecule has 2 heterocycles. The Hall–Kier alpha value is -2.11. The Kier molecular flexibility index (Phi) is 4.50. The fourth-order valence-corrected chi connectivity index (χ4v) is 3.48. The maximum absolute atomic E-state index is 12.0. The molecular formula is C17H23N3O3. The number of hydrogen-bond donors (Lipinski definition) is 1. The van der Waals surface area contributed by atoms with Gasteiger partial charge in [-0.15, -0.1) is 0 Å². The zero-order valence-corrected chi connectivity index (χ0v) is 13.8. The number of hydrogen-bond acceptors (Lipinski definition) is 5. The number of nitrogens with zero attached hydrogens (tertiary/aromatic N) is 2. The van der Waals surface area contributed by atoms with Crippen molar-refractivity contribution in [1.29, 1.82) is 0 Å². The zero-order valence-electron chi connectivity index (χ0n) is 13.8. The third-order valence-corrected chi connectivity index (χ3v) is 4.50. The van der Waals surface area contributed by atoms with Gasteiger partial charge < -0.3 is 14.3 Å². The fourth-order valence-electron chi connectivity index (χ4n) is 3.48. The van der Waals surface area contributed by atoms with Crippen molar-refractivity contribution in [3.63, 3.8) is 0 Å². The molecule has 3 rings (SSSR count). The molecular weight excluding hydrogens is 294 g/mol. The summed E-state index contributed by atoms with van der Waals surface area (Å²) in [5, 5.41) is 6.98. The molecule has 2 aromatic rings. The first-order valence-corrected chi connectivity index (χ1v) is 8.19. The van der Waals surface area contributed by atoms with Crippen molar-refractivity contribution in [3.8, 4) is 0 Å². The number of carbonyl (C=O) groups is 1. The van der Waals surface area contributed by atoms with E-state index in [0.29, 0.717) is 29.2 Å². The Labute approximate surface area is 135 Å². The molecule has 0 aromatic carbocycles. The van der Waals surface area contributed by atoms with E-state index < -0.39 is 0 Å². The highest BCUT2D eigenvalue weighted by Crippen LogP contribution is 2.38. The summed E-state index contributed by atoms with van der Waals surface area (Å²) in [4.78, 5) is 16.5. The van der Waals surface area contributed by atoms with Gasteiger partial charge in [-0.3, -0.25) is 4.79 Å². The lowest BCUT2D eigenvalue weighted by atomic mass is 9.76. The maximum Gasteiger partial charge on any atom is 0.255 e. The van der Waals surface area contributed by atoms with Crippen LogP contribution in [0.15, 0.2) is 27.5 Å². The van der Waals surface area contributed by atoms with Gasteiger partial charge in [-0.1, -0.05) is 19.0 Å². The summed E-state index contributed by atoms with van der Waals surface area (Å²) < 4.78 is 10.3. The van der Waals surface area contributed by atoms with Gasteiger partial charge in [0.05, 0.1) is 11.8 Å². The van der Waals surface area contributed by atoms with Crippen LogP contribution in [0.4, 0.5) is 0 Å². The molecule has 6 nitrogen and oxygen atoms in total. The average molecular weight is 317 g/mol. The molecule has 1 fully saturated rings. The molecule has 3 atom stereocenters. The van der Waals surface area contributed by atoms with E-state index in [1.54, 1.807) is 6.07 Å². The van der Waals surface area contributed by atoms with Crippen molar-refractivity contribution < 1.29 is 13.7 Å². The van der Waals surface area contributed by atoms with Crippen LogP contribution in [0.25, 0.3) is 0 Å². The molecule has 0 spiro atoms. The molecule has 23 heavy (non-hydrogen) atoms. The summed E-state index contributed by atoms with van der Waals surface area (Å²) >= 11 is 0. The fraction of sp³-hybridized carbons (Fsp3) is 0.588. The van der Waals surface area contributed by atoms with Crippen LogP contribution in [-0.4, -0.2) is 16.0 Å². The molecule has 0 radical (unpaired) electrons. The molecule has 6 heteroatoms. The molecule has 1 amide bonds. The molecule has 0 saturated heterocycles. The standard InChI is InChI=1S/C17H23N3O3/c1-10-6-11(2)8-14(7-10)15-19-17(23-20-15)12(3)18-16(21)13-4-5-22-9-13/h4-5,9-12,14H,6-8H2,1-3H3,(H,18,21). The van der Waals surface area contributed by atoms with Crippen LogP contribution >= 0.6 is 0 Å². The maximum atomic E-state index is 12.0. The molecule has 1 aliphatic rings. The zero-order chi connectivity index (χ0) is 16.4. The van der Waals surface area contributed by atoms with Crippen LogP contribution in [0.2, 0.25) is 0 Å². The number of carbonyl (C=O) groups excluding carboxylic acids is 1. The summed E-state index contributed by atoms with van der Waals surface area (Å²) in [6, 6.07) is 1.28.